The highest BCUT2D eigenvalue weighted by atomic mass is 35.5. The molecule has 0 unspecified atom stereocenters. The van der Waals surface area contributed by atoms with Crippen molar-refractivity contribution in [1.29, 1.82) is 0 Å². The van der Waals surface area contributed by atoms with Gasteiger partial charge in [-0.15, -0.1) is 0 Å². The monoisotopic (exact) mass is 363 g/mol. The van der Waals surface area contributed by atoms with Gasteiger partial charge in [0.1, 0.15) is 5.52 Å². The van der Waals surface area contributed by atoms with Crippen molar-refractivity contribution in [2.75, 3.05) is 6.54 Å². The molecule has 0 aliphatic heterocycles. The first-order valence-electron chi connectivity index (χ1n) is 7.42. The van der Waals surface area contributed by atoms with Crippen molar-refractivity contribution in [3.05, 3.63) is 52.0 Å². The van der Waals surface area contributed by atoms with Crippen LogP contribution in [-0.4, -0.2) is 17.6 Å². The molecule has 5 nitrogen and oxygen atoms in total. The van der Waals surface area contributed by atoms with Crippen LogP contribution in [0.25, 0.3) is 22.6 Å². The lowest BCUT2D eigenvalue weighted by atomic mass is 10.1. The zero-order valence-corrected chi connectivity index (χ0v) is 14.2. The molecule has 124 valence electrons. The molecule has 0 aliphatic rings. The molecular weight excluding hydrogens is 349 g/mol. The third-order valence-electron chi connectivity index (χ3n) is 3.56. The molecule has 0 atom stereocenters. The molecule has 0 bridgehead atoms. The van der Waals surface area contributed by atoms with Gasteiger partial charge in [-0.1, -0.05) is 35.3 Å². The summed E-state index contributed by atoms with van der Waals surface area (Å²) in [7, 11) is 0. The minimum atomic E-state index is -0.535. The highest BCUT2D eigenvalue weighted by molar-refractivity contribution is 6.33. The van der Waals surface area contributed by atoms with Gasteiger partial charge in [0.25, 0.3) is 0 Å². The van der Waals surface area contributed by atoms with Crippen LogP contribution < -0.4 is 11.1 Å². The van der Waals surface area contributed by atoms with Gasteiger partial charge in [0, 0.05) is 11.6 Å². The average Bonchev–Trinajstić information content (AvgIpc) is 2.95. The van der Waals surface area contributed by atoms with E-state index in [2.05, 4.69) is 10.3 Å². The van der Waals surface area contributed by atoms with E-state index in [-0.39, 0.29) is 0 Å². The number of nitrogens with zero attached hydrogens (tertiary/aromatic N) is 1. The predicted molar refractivity (Wildman–Crippen MR) is 95.4 cm³/mol. The van der Waals surface area contributed by atoms with Gasteiger partial charge in [0.15, 0.2) is 5.58 Å². The number of amides is 2. The summed E-state index contributed by atoms with van der Waals surface area (Å²) >= 11 is 12.4. The van der Waals surface area contributed by atoms with Crippen molar-refractivity contribution in [3.63, 3.8) is 0 Å². The Kier molecular flexibility index (Phi) is 4.92. The van der Waals surface area contributed by atoms with E-state index in [1.165, 1.54) is 0 Å². The Bertz CT molecular complexity index is 893. The second kappa shape index (κ2) is 7.11. The van der Waals surface area contributed by atoms with E-state index in [1.54, 1.807) is 12.1 Å². The number of halogens is 2. The summed E-state index contributed by atoms with van der Waals surface area (Å²) in [6, 6.07) is 10.4. The van der Waals surface area contributed by atoms with Crippen LogP contribution in [-0.2, 0) is 6.42 Å². The number of primary amides is 1. The number of nitrogens with two attached hydrogens (primary N) is 1. The van der Waals surface area contributed by atoms with Crippen molar-refractivity contribution >= 4 is 40.3 Å². The fourth-order valence-electron chi connectivity index (χ4n) is 2.49. The first-order chi connectivity index (χ1) is 11.5. The van der Waals surface area contributed by atoms with Crippen molar-refractivity contribution in [3.8, 4) is 11.5 Å². The molecule has 3 aromatic rings. The van der Waals surface area contributed by atoms with E-state index < -0.39 is 6.03 Å². The third kappa shape index (κ3) is 3.63. The normalized spacial score (nSPS) is 10.9. The van der Waals surface area contributed by atoms with Crippen LogP contribution in [0, 0.1) is 0 Å². The Morgan fingerprint density at radius 2 is 2.04 bits per heavy atom. The van der Waals surface area contributed by atoms with Crippen LogP contribution in [0.5, 0.6) is 0 Å². The smallest absolute Gasteiger partial charge is 0.312 e. The standard InChI is InChI=1S/C17H15Cl2N3O2/c18-11-8-10(4-3-7-21-17(20)23)15-14(9-11)22-16(24-15)12-5-1-2-6-13(12)19/h1-2,5-6,8-9H,3-4,7H2,(H3,20,21,23). The molecule has 2 aromatic carbocycles. The van der Waals surface area contributed by atoms with E-state index in [0.29, 0.717) is 46.4 Å². The van der Waals surface area contributed by atoms with Crippen molar-refractivity contribution < 1.29 is 9.21 Å². The summed E-state index contributed by atoms with van der Waals surface area (Å²) in [6.07, 6.45) is 1.38. The SMILES string of the molecule is NC(=O)NCCCc1cc(Cl)cc2nc(-c3ccccc3Cl)oc12. The number of aromatic nitrogens is 1. The summed E-state index contributed by atoms with van der Waals surface area (Å²) in [5.41, 5.74) is 8.06. The van der Waals surface area contributed by atoms with Crippen LogP contribution in [0.2, 0.25) is 10.0 Å². The van der Waals surface area contributed by atoms with Crippen LogP contribution in [0.15, 0.2) is 40.8 Å². The van der Waals surface area contributed by atoms with Gasteiger partial charge in [0.05, 0.1) is 10.6 Å². The Balaban J connectivity index is 1.92. The Hall–Kier alpha value is -2.24. The fourth-order valence-corrected chi connectivity index (χ4v) is 2.94. The lowest BCUT2D eigenvalue weighted by molar-refractivity contribution is 0.249. The zero-order chi connectivity index (χ0) is 17.1. The molecule has 7 heteroatoms. The second-order valence-corrected chi connectivity index (χ2v) is 6.15. The largest absolute Gasteiger partial charge is 0.436 e. The second-order valence-electron chi connectivity index (χ2n) is 5.31. The molecule has 0 saturated carbocycles. The van der Waals surface area contributed by atoms with Crippen LogP contribution in [0.1, 0.15) is 12.0 Å². The van der Waals surface area contributed by atoms with Gasteiger partial charge in [-0.2, -0.15) is 0 Å². The van der Waals surface area contributed by atoms with Crippen LogP contribution in [0.3, 0.4) is 0 Å². The minimum Gasteiger partial charge on any atom is -0.436 e. The first-order valence-corrected chi connectivity index (χ1v) is 8.17. The van der Waals surface area contributed by atoms with Gasteiger partial charge >= 0.3 is 6.03 Å². The number of aryl methyl sites for hydroxylation is 1. The molecule has 0 saturated heterocycles. The van der Waals surface area contributed by atoms with E-state index in [4.69, 9.17) is 33.4 Å². The van der Waals surface area contributed by atoms with Gasteiger partial charge in [0.2, 0.25) is 5.89 Å². The number of nitrogens with one attached hydrogen (secondary N) is 1. The summed E-state index contributed by atoms with van der Waals surface area (Å²) in [5.74, 6) is 0.453. The molecule has 0 aliphatic carbocycles. The van der Waals surface area contributed by atoms with Crippen molar-refractivity contribution in [2.45, 2.75) is 12.8 Å². The average molecular weight is 364 g/mol. The number of rotatable bonds is 5. The topological polar surface area (TPSA) is 81.2 Å². The molecule has 2 amide bonds. The van der Waals surface area contributed by atoms with E-state index in [0.717, 1.165) is 11.1 Å². The minimum absolute atomic E-state index is 0.453. The lowest BCUT2D eigenvalue weighted by Crippen LogP contribution is -2.30. The van der Waals surface area contributed by atoms with Crippen LogP contribution >= 0.6 is 23.2 Å². The molecule has 3 rings (SSSR count). The molecule has 1 heterocycles. The number of urea groups is 1. The number of oxazole rings is 1. The van der Waals surface area contributed by atoms with Gasteiger partial charge < -0.3 is 15.5 Å². The maximum absolute atomic E-state index is 10.7. The highest BCUT2D eigenvalue weighted by Crippen LogP contribution is 2.32. The highest BCUT2D eigenvalue weighted by Gasteiger charge is 2.14. The van der Waals surface area contributed by atoms with Crippen LogP contribution in [0.4, 0.5) is 4.79 Å². The molecule has 0 fully saturated rings. The van der Waals surface area contributed by atoms with E-state index in [9.17, 15) is 4.79 Å². The maximum atomic E-state index is 10.7. The summed E-state index contributed by atoms with van der Waals surface area (Å²) in [5, 5.41) is 3.71. The van der Waals surface area contributed by atoms with E-state index >= 15 is 0 Å². The Morgan fingerprint density at radius 3 is 2.79 bits per heavy atom. The Morgan fingerprint density at radius 1 is 1.25 bits per heavy atom. The molecular formula is C17H15Cl2N3O2. The third-order valence-corrected chi connectivity index (χ3v) is 4.11. The van der Waals surface area contributed by atoms with Crippen molar-refractivity contribution in [1.82, 2.24) is 10.3 Å². The molecule has 0 spiro atoms. The van der Waals surface area contributed by atoms with Crippen molar-refractivity contribution in [2.24, 2.45) is 5.73 Å². The molecule has 3 N–H and O–H groups in total. The lowest BCUT2D eigenvalue weighted by Gasteiger charge is -2.04. The quantitative estimate of drug-likeness (QED) is 0.659. The van der Waals surface area contributed by atoms with Gasteiger partial charge in [-0.25, -0.2) is 9.78 Å². The molecule has 1 aromatic heterocycles. The number of benzene rings is 2. The summed E-state index contributed by atoms with van der Waals surface area (Å²) < 4.78 is 5.93. The first kappa shape index (κ1) is 16.6. The molecule has 0 radical (unpaired) electrons. The maximum Gasteiger partial charge on any atom is 0.312 e. The van der Waals surface area contributed by atoms with E-state index in [1.807, 2.05) is 24.3 Å². The van der Waals surface area contributed by atoms with Gasteiger partial charge in [-0.05, 0) is 42.7 Å². The van der Waals surface area contributed by atoms with Gasteiger partial charge in [-0.3, -0.25) is 0 Å². The summed E-state index contributed by atoms with van der Waals surface area (Å²) in [6.45, 7) is 0.481. The number of hydrogen-bond acceptors (Lipinski definition) is 3. The number of carbonyl (C=O) groups is 1. The number of fused-ring (bicyclic) bond motifs is 1. The zero-order valence-electron chi connectivity index (χ0n) is 12.7. The predicted octanol–water partition coefficient (Wildman–Crippen LogP) is 4.40. The molecule has 24 heavy (non-hydrogen) atoms. The summed E-state index contributed by atoms with van der Waals surface area (Å²) in [4.78, 5) is 15.2. The number of carbonyl (C=O) groups excluding carboxylic acids is 1. The number of hydrogen-bond donors (Lipinski definition) is 2. The Labute approximate surface area is 148 Å². The fraction of sp³-hybridized carbons (Fsp3) is 0.176.